The average molecular weight is 294 g/mol. The van der Waals surface area contributed by atoms with Crippen molar-refractivity contribution in [2.45, 2.75) is 38.7 Å². The summed E-state index contributed by atoms with van der Waals surface area (Å²) < 4.78 is 4.46. The fourth-order valence-electron chi connectivity index (χ4n) is 2.36. The van der Waals surface area contributed by atoms with E-state index in [1.54, 1.807) is 25.0 Å². The number of aryl methyl sites for hydroxylation is 2. The maximum absolute atomic E-state index is 12.4. The summed E-state index contributed by atoms with van der Waals surface area (Å²) >= 11 is 0. The second-order valence-corrected chi connectivity index (χ2v) is 12.1. The Balaban J connectivity index is 2.46. The Bertz CT molecular complexity index is 749. The Labute approximate surface area is 118 Å². The molecule has 0 unspecified atom stereocenters. The highest BCUT2D eigenvalue weighted by Gasteiger charge is 2.16. The van der Waals surface area contributed by atoms with Crippen LogP contribution >= 0.6 is 0 Å². The van der Waals surface area contributed by atoms with Crippen molar-refractivity contribution in [2.75, 3.05) is 0 Å². The number of hydrogen-bond donors (Lipinski definition) is 0. The summed E-state index contributed by atoms with van der Waals surface area (Å²) in [4.78, 5) is 28.8. The molecule has 0 saturated carbocycles. The predicted molar refractivity (Wildman–Crippen MR) is 83.0 cm³/mol. The molecule has 0 aliphatic heterocycles. The van der Waals surface area contributed by atoms with Gasteiger partial charge in [-0.2, -0.15) is 0 Å². The smallest absolute Gasteiger partial charge is 0.328 e. The minimum absolute atomic E-state index is 0.237. The SMILES string of the molecule is Cn1cnc2c1c(=O)n(CCC[Si](C)(C)C)c(=O)n2C. The fraction of sp³-hybridized carbons (Fsp3) is 0.615. The first-order valence-electron chi connectivity index (χ1n) is 6.83. The summed E-state index contributed by atoms with van der Waals surface area (Å²) in [6.45, 7) is 7.35. The van der Waals surface area contributed by atoms with Gasteiger partial charge in [0, 0.05) is 28.7 Å². The molecule has 2 heterocycles. The second-order valence-electron chi connectivity index (χ2n) is 6.49. The van der Waals surface area contributed by atoms with E-state index in [-0.39, 0.29) is 11.2 Å². The predicted octanol–water partition coefficient (Wildman–Crippen LogP) is 1.16. The van der Waals surface area contributed by atoms with Gasteiger partial charge in [0.15, 0.2) is 11.2 Å². The Hall–Kier alpha value is -1.63. The first-order chi connectivity index (χ1) is 9.22. The van der Waals surface area contributed by atoms with Crippen LogP contribution in [-0.2, 0) is 20.6 Å². The zero-order valence-electron chi connectivity index (χ0n) is 12.8. The highest BCUT2D eigenvalue weighted by atomic mass is 28.3. The highest BCUT2D eigenvalue weighted by Crippen LogP contribution is 2.11. The maximum Gasteiger partial charge on any atom is 0.332 e. The molecule has 2 aromatic rings. The van der Waals surface area contributed by atoms with Crippen LogP contribution in [0.1, 0.15) is 6.42 Å². The monoisotopic (exact) mass is 294 g/mol. The summed E-state index contributed by atoms with van der Waals surface area (Å²) in [6.07, 6.45) is 2.44. The van der Waals surface area contributed by atoms with Gasteiger partial charge >= 0.3 is 5.69 Å². The molecular formula is C13H22N4O2Si. The van der Waals surface area contributed by atoms with Crippen LogP contribution in [0.3, 0.4) is 0 Å². The molecule has 20 heavy (non-hydrogen) atoms. The van der Waals surface area contributed by atoms with E-state index in [0.717, 1.165) is 12.5 Å². The lowest BCUT2D eigenvalue weighted by Gasteiger charge is -2.15. The van der Waals surface area contributed by atoms with Gasteiger partial charge in [0.1, 0.15) is 0 Å². The molecule has 2 aromatic heterocycles. The third kappa shape index (κ3) is 2.63. The fourth-order valence-corrected chi connectivity index (χ4v) is 3.58. The zero-order chi connectivity index (χ0) is 15.1. The van der Waals surface area contributed by atoms with E-state index >= 15 is 0 Å². The minimum Gasteiger partial charge on any atom is -0.328 e. The van der Waals surface area contributed by atoms with Crippen LogP contribution in [0.15, 0.2) is 15.9 Å². The summed E-state index contributed by atoms with van der Waals surface area (Å²) in [6, 6.07) is 1.10. The van der Waals surface area contributed by atoms with Gasteiger partial charge < -0.3 is 4.57 Å². The van der Waals surface area contributed by atoms with Crippen molar-refractivity contribution in [1.82, 2.24) is 18.7 Å². The molecular weight excluding hydrogens is 272 g/mol. The van der Waals surface area contributed by atoms with Gasteiger partial charge in [0.2, 0.25) is 0 Å². The van der Waals surface area contributed by atoms with Crippen molar-refractivity contribution in [3.8, 4) is 0 Å². The summed E-state index contributed by atoms with van der Waals surface area (Å²) in [5.74, 6) is 0. The molecule has 0 spiro atoms. The highest BCUT2D eigenvalue weighted by molar-refractivity contribution is 6.76. The van der Waals surface area contributed by atoms with Crippen molar-refractivity contribution < 1.29 is 0 Å². The summed E-state index contributed by atoms with van der Waals surface area (Å²) in [5.41, 5.74) is 0.416. The minimum atomic E-state index is -1.15. The molecule has 0 radical (unpaired) electrons. The molecule has 0 atom stereocenters. The second kappa shape index (κ2) is 5.04. The normalized spacial score (nSPS) is 12.2. The van der Waals surface area contributed by atoms with Crippen LogP contribution in [0.25, 0.3) is 11.2 Å². The van der Waals surface area contributed by atoms with E-state index in [4.69, 9.17) is 0 Å². The van der Waals surface area contributed by atoms with Crippen LogP contribution in [0.5, 0.6) is 0 Å². The molecule has 2 rings (SSSR count). The van der Waals surface area contributed by atoms with Crippen molar-refractivity contribution >= 4 is 19.2 Å². The molecule has 6 nitrogen and oxygen atoms in total. The number of nitrogens with zero attached hydrogens (tertiary/aromatic N) is 4. The van der Waals surface area contributed by atoms with Gasteiger partial charge in [-0.3, -0.25) is 13.9 Å². The van der Waals surface area contributed by atoms with Gasteiger partial charge in [-0.25, -0.2) is 9.78 Å². The number of rotatable bonds is 4. The van der Waals surface area contributed by atoms with E-state index in [1.165, 1.54) is 9.13 Å². The standard InChI is InChI=1S/C13H22N4O2Si/c1-15-9-14-11-10(15)12(18)17(13(19)16(11)2)7-6-8-20(3,4)5/h9H,6-8H2,1-5H3. The average Bonchev–Trinajstić information content (AvgIpc) is 2.72. The number of imidazole rings is 1. The molecule has 0 aliphatic carbocycles. The van der Waals surface area contributed by atoms with E-state index in [1.807, 2.05) is 0 Å². The van der Waals surface area contributed by atoms with Crippen LogP contribution in [0.2, 0.25) is 25.7 Å². The van der Waals surface area contributed by atoms with Crippen molar-refractivity contribution in [2.24, 2.45) is 14.1 Å². The van der Waals surface area contributed by atoms with Gasteiger partial charge in [0.25, 0.3) is 5.56 Å². The number of aromatic nitrogens is 4. The molecule has 0 bridgehead atoms. The molecule has 7 heteroatoms. The lowest BCUT2D eigenvalue weighted by Crippen LogP contribution is -2.40. The van der Waals surface area contributed by atoms with Crippen LogP contribution in [0, 0.1) is 0 Å². The maximum atomic E-state index is 12.4. The molecule has 0 aliphatic rings. The molecule has 110 valence electrons. The van der Waals surface area contributed by atoms with Gasteiger partial charge in [-0.15, -0.1) is 0 Å². The summed E-state index contributed by atoms with van der Waals surface area (Å²) in [7, 11) is 2.28. The van der Waals surface area contributed by atoms with Crippen LogP contribution in [-0.4, -0.2) is 26.8 Å². The Morgan fingerprint density at radius 2 is 1.85 bits per heavy atom. The lowest BCUT2D eigenvalue weighted by molar-refractivity contribution is 0.588. The topological polar surface area (TPSA) is 61.8 Å². The Kier molecular flexibility index (Phi) is 3.73. The van der Waals surface area contributed by atoms with Crippen LogP contribution < -0.4 is 11.2 Å². The van der Waals surface area contributed by atoms with Crippen molar-refractivity contribution in [3.63, 3.8) is 0 Å². The Morgan fingerprint density at radius 3 is 2.45 bits per heavy atom. The van der Waals surface area contributed by atoms with E-state index < -0.39 is 8.07 Å². The summed E-state index contributed by atoms with van der Waals surface area (Å²) in [5, 5.41) is 0. The van der Waals surface area contributed by atoms with Gasteiger partial charge in [0.05, 0.1) is 6.33 Å². The first kappa shape index (κ1) is 14.8. The van der Waals surface area contributed by atoms with E-state index in [9.17, 15) is 9.59 Å². The van der Waals surface area contributed by atoms with Gasteiger partial charge in [-0.1, -0.05) is 25.7 Å². The first-order valence-corrected chi connectivity index (χ1v) is 10.5. The van der Waals surface area contributed by atoms with Crippen molar-refractivity contribution in [3.05, 3.63) is 27.2 Å². The Morgan fingerprint density at radius 1 is 1.20 bits per heavy atom. The van der Waals surface area contributed by atoms with E-state index in [0.29, 0.717) is 17.7 Å². The molecule has 0 saturated heterocycles. The third-order valence-electron chi connectivity index (χ3n) is 3.51. The third-order valence-corrected chi connectivity index (χ3v) is 5.36. The van der Waals surface area contributed by atoms with E-state index in [2.05, 4.69) is 24.6 Å². The quantitative estimate of drug-likeness (QED) is 0.795. The largest absolute Gasteiger partial charge is 0.332 e. The number of hydrogen-bond acceptors (Lipinski definition) is 3. The molecule has 0 amide bonds. The molecule has 0 aromatic carbocycles. The molecule has 0 fully saturated rings. The van der Waals surface area contributed by atoms with Crippen LogP contribution in [0.4, 0.5) is 0 Å². The number of fused-ring (bicyclic) bond motifs is 1. The zero-order valence-corrected chi connectivity index (χ0v) is 13.8. The molecule has 0 N–H and O–H groups in total. The van der Waals surface area contributed by atoms with Crippen molar-refractivity contribution in [1.29, 1.82) is 0 Å². The lowest BCUT2D eigenvalue weighted by atomic mass is 10.4. The van der Waals surface area contributed by atoms with Gasteiger partial charge in [-0.05, 0) is 6.42 Å².